The van der Waals surface area contributed by atoms with Gasteiger partial charge in [0.25, 0.3) is 17.2 Å². The van der Waals surface area contributed by atoms with Gasteiger partial charge in [-0.1, -0.05) is 0 Å². The fourth-order valence-electron chi connectivity index (χ4n) is 1.27. The number of likely N-dealkylation sites (N-methyl/N-ethyl adjacent to an activating group) is 1. The summed E-state index contributed by atoms with van der Waals surface area (Å²) in [6.07, 6.45) is 0.888. The molecule has 0 aliphatic rings. The largest absolute Gasteiger partial charge is 0.468 e. The number of nitrogens with one attached hydrogen (secondary N) is 1. The first-order valence-electron chi connectivity index (χ1n) is 5.06. The number of carbonyl (C=O) groups is 2. The molecule has 0 spiro atoms. The Hall–Kier alpha value is -2.71. The number of hydrogen-bond acceptors (Lipinski definition) is 6. The Kier molecular flexibility index (Phi) is 4.35. The molecular formula is C10H11N3O6. The van der Waals surface area contributed by atoms with E-state index < -0.39 is 33.6 Å². The molecule has 0 radical (unpaired) electrons. The Morgan fingerprint density at radius 3 is 2.68 bits per heavy atom. The van der Waals surface area contributed by atoms with Crippen LogP contribution in [0.3, 0.4) is 0 Å². The summed E-state index contributed by atoms with van der Waals surface area (Å²) in [4.78, 5) is 47.2. The van der Waals surface area contributed by atoms with Crippen LogP contribution >= 0.6 is 0 Å². The molecule has 1 heterocycles. The normalized spacial score (nSPS) is 9.79. The zero-order valence-corrected chi connectivity index (χ0v) is 10.2. The van der Waals surface area contributed by atoms with E-state index in [1.807, 2.05) is 0 Å². The minimum Gasteiger partial charge on any atom is -0.468 e. The van der Waals surface area contributed by atoms with Crippen molar-refractivity contribution in [1.82, 2.24) is 9.88 Å². The van der Waals surface area contributed by atoms with Crippen molar-refractivity contribution in [2.45, 2.75) is 0 Å². The number of hydrogen-bond donors (Lipinski definition) is 1. The van der Waals surface area contributed by atoms with E-state index in [4.69, 9.17) is 0 Å². The molecule has 1 amide bonds. The van der Waals surface area contributed by atoms with E-state index in [-0.39, 0.29) is 6.54 Å². The maximum absolute atomic E-state index is 11.9. The summed E-state index contributed by atoms with van der Waals surface area (Å²) in [5, 5.41) is 10.6. The number of methoxy groups -OCH3 is 1. The molecular weight excluding hydrogens is 258 g/mol. The maximum atomic E-state index is 11.9. The second-order valence-electron chi connectivity index (χ2n) is 3.60. The summed E-state index contributed by atoms with van der Waals surface area (Å²) in [6, 6.07) is 0.856. The Balaban J connectivity index is 3.05. The van der Waals surface area contributed by atoms with Crippen LogP contribution in [0.2, 0.25) is 0 Å². The molecule has 0 aromatic carbocycles. The van der Waals surface area contributed by atoms with Gasteiger partial charge in [-0.25, -0.2) is 0 Å². The van der Waals surface area contributed by atoms with E-state index in [1.165, 1.54) is 7.05 Å². The van der Waals surface area contributed by atoms with E-state index >= 15 is 0 Å². The first-order valence-corrected chi connectivity index (χ1v) is 5.06. The van der Waals surface area contributed by atoms with Crippen molar-refractivity contribution in [2.75, 3.05) is 20.7 Å². The number of esters is 1. The van der Waals surface area contributed by atoms with Crippen molar-refractivity contribution in [3.05, 3.63) is 38.3 Å². The number of pyridine rings is 1. The van der Waals surface area contributed by atoms with Crippen LogP contribution in [0.25, 0.3) is 0 Å². The van der Waals surface area contributed by atoms with E-state index in [2.05, 4.69) is 9.72 Å². The van der Waals surface area contributed by atoms with Gasteiger partial charge in [0.1, 0.15) is 12.1 Å². The van der Waals surface area contributed by atoms with Crippen LogP contribution in [0.5, 0.6) is 0 Å². The molecule has 9 nitrogen and oxygen atoms in total. The van der Waals surface area contributed by atoms with Gasteiger partial charge in [-0.3, -0.25) is 24.5 Å². The third-order valence-electron chi connectivity index (χ3n) is 2.27. The minimum atomic E-state index is -0.810. The Labute approximate surface area is 106 Å². The number of H-pyrrole nitrogens is 1. The summed E-state index contributed by atoms with van der Waals surface area (Å²) >= 11 is 0. The predicted molar refractivity (Wildman–Crippen MR) is 62.7 cm³/mol. The van der Waals surface area contributed by atoms with Gasteiger partial charge in [-0.2, -0.15) is 0 Å². The number of ether oxygens (including phenoxy) is 1. The summed E-state index contributed by atoms with van der Waals surface area (Å²) < 4.78 is 4.37. The molecule has 0 saturated carbocycles. The third kappa shape index (κ3) is 3.37. The van der Waals surface area contributed by atoms with Crippen LogP contribution < -0.4 is 5.56 Å². The molecule has 0 aliphatic heterocycles. The molecule has 1 rings (SSSR count). The Morgan fingerprint density at radius 1 is 1.53 bits per heavy atom. The molecule has 0 aliphatic carbocycles. The van der Waals surface area contributed by atoms with Crippen LogP contribution in [0.4, 0.5) is 5.69 Å². The summed E-state index contributed by atoms with van der Waals surface area (Å²) in [5.74, 6) is -1.48. The van der Waals surface area contributed by atoms with Crippen molar-refractivity contribution in [1.29, 1.82) is 0 Å². The number of nitro groups is 1. The third-order valence-corrected chi connectivity index (χ3v) is 2.27. The topological polar surface area (TPSA) is 123 Å². The second kappa shape index (κ2) is 5.76. The fraction of sp³-hybridized carbons (Fsp3) is 0.300. The molecule has 19 heavy (non-hydrogen) atoms. The number of aromatic nitrogens is 1. The first-order chi connectivity index (χ1) is 8.86. The lowest BCUT2D eigenvalue weighted by molar-refractivity contribution is -0.385. The molecule has 1 aromatic heterocycles. The standard InChI is InChI=1S/C10H11N3O6/c1-12(5-8(14)19-2)10(16)7-3-6(13(17)18)4-11-9(7)15/h3-4H,5H2,1-2H3,(H,11,15). The van der Waals surface area contributed by atoms with Crippen molar-refractivity contribution in [3.63, 3.8) is 0 Å². The summed E-state index contributed by atoms with van der Waals surface area (Å²) in [6.45, 7) is -0.364. The zero-order chi connectivity index (χ0) is 14.6. The van der Waals surface area contributed by atoms with Gasteiger partial charge < -0.3 is 14.6 Å². The molecule has 0 bridgehead atoms. The number of carbonyl (C=O) groups excluding carboxylic acids is 2. The number of aromatic amines is 1. The lowest BCUT2D eigenvalue weighted by Crippen LogP contribution is -2.35. The van der Waals surface area contributed by atoms with Crippen molar-refractivity contribution in [3.8, 4) is 0 Å². The van der Waals surface area contributed by atoms with Crippen LogP contribution in [-0.4, -0.2) is 47.4 Å². The van der Waals surface area contributed by atoms with E-state index in [9.17, 15) is 24.5 Å². The molecule has 0 fully saturated rings. The molecule has 1 N–H and O–H groups in total. The van der Waals surface area contributed by atoms with Gasteiger partial charge in [-0.05, 0) is 0 Å². The highest BCUT2D eigenvalue weighted by Crippen LogP contribution is 2.09. The highest BCUT2D eigenvalue weighted by atomic mass is 16.6. The molecule has 0 atom stereocenters. The molecule has 102 valence electrons. The Morgan fingerprint density at radius 2 is 2.16 bits per heavy atom. The van der Waals surface area contributed by atoms with Gasteiger partial charge in [0.15, 0.2) is 0 Å². The minimum absolute atomic E-state index is 0.364. The van der Waals surface area contributed by atoms with Gasteiger partial charge in [-0.15, -0.1) is 0 Å². The van der Waals surface area contributed by atoms with E-state index in [0.29, 0.717) is 0 Å². The quantitative estimate of drug-likeness (QED) is 0.447. The number of rotatable bonds is 4. The van der Waals surface area contributed by atoms with Gasteiger partial charge in [0.2, 0.25) is 0 Å². The van der Waals surface area contributed by atoms with Gasteiger partial charge in [0, 0.05) is 13.1 Å². The molecule has 1 aromatic rings. The van der Waals surface area contributed by atoms with E-state index in [0.717, 1.165) is 24.3 Å². The molecule has 9 heteroatoms. The second-order valence-corrected chi connectivity index (χ2v) is 3.60. The first kappa shape index (κ1) is 14.4. The predicted octanol–water partition coefficient (Wildman–Crippen LogP) is -0.472. The Bertz CT molecular complexity index is 579. The van der Waals surface area contributed by atoms with Crippen LogP contribution in [0, 0.1) is 10.1 Å². The maximum Gasteiger partial charge on any atom is 0.325 e. The molecule has 0 saturated heterocycles. The number of nitrogens with zero attached hydrogens (tertiary/aromatic N) is 2. The average molecular weight is 269 g/mol. The average Bonchev–Trinajstić information content (AvgIpc) is 2.37. The van der Waals surface area contributed by atoms with E-state index in [1.54, 1.807) is 0 Å². The molecule has 0 unspecified atom stereocenters. The van der Waals surface area contributed by atoms with Crippen LogP contribution in [-0.2, 0) is 9.53 Å². The zero-order valence-electron chi connectivity index (χ0n) is 10.2. The summed E-state index contributed by atoms with van der Waals surface area (Å²) in [5.41, 5.74) is -1.61. The SMILES string of the molecule is COC(=O)CN(C)C(=O)c1cc([N+](=O)[O-])c[nH]c1=O. The highest BCUT2D eigenvalue weighted by Gasteiger charge is 2.21. The van der Waals surface area contributed by atoms with Gasteiger partial charge in [0.05, 0.1) is 18.2 Å². The fourth-order valence-corrected chi connectivity index (χ4v) is 1.27. The summed E-state index contributed by atoms with van der Waals surface area (Å²) in [7, 11) is 2.43. The highest BCUT2D eigenvalue weighted by molar-refractivity contribution is 5.95. The monoisotopic (exact) mass is 269 g/mol. The van der Waals surface area contributed by atoms with Crippen molar-refractivity contribution in [2.24, 2.45) is 0 Å². The smallest absolute Gasteiger partial charge is 0.325 e. The van der Waals surface area contributed by atoms with Crippen LogP contribution in [0.1, 0.15) is 10.4 Å². The van der Waals surface area contributed by atoms with Crippen LogP contribution in [0.15, 0.2) is 17.1 Å². The lowest BCUT2D eigenvalue weighted by Gasteiger charge is -2.14. The van der Waals surface area contributed by atoms with Gasteiger partial charge >= 0.3 is 5.97 Å². The lowest BCUT2D eigenvalue weighted by atomic mass is 10.2. The van der Waals surface area contributed by atoms with Crippen molar-refractivity contribution >= 4 is 17.6 Å². The van der Waals surface area contributed by atoms with Crippen molar-refractivity contribution < 1.29 is 19.2 Å². The number of amides is 1.